The predicted molar refractivity (Wildman–Crippen MR) is 89.7 cm³/mol. The van der Waals surface area contributed by atoms with Gasteiger partial charge in [-0.15, -0.1) is 0 Å². The lowest BCUT2D eigenvalue weighted by molar-refractivity contribution is 1.31. The second-order valence-corrected chi connectivity index (χ2v) is 4.81. The molecule has 0 atom stereocenters. The molecule has 2 rings (SSSR count). The van der Waals surface area contributed by atoms with E-state index in [1.807, 2.05) is 0 Å². The fraction of sp³-hybridized carbons (Fsp3) is 0.200. The fourth-order valence-electron chi connectivity index (χ4n) is 2.50. The monoisotopic (exact) mass is 262 g/mol. The first-order valence-corrected chi connectivity index (χ1v) is 7.26. The topological polar surface area (TPSA) is 0 Å². The number of fused-ring (bicyclic) bond motifs is 1. The normalized spacial score (nSPS) is 23.7. The summed E-state index contributed by atoms with van der Waals surface area (Å²) in [4.78, 5) is 0. The third-order valence-electron chi connectivity index (χ3n) is 3.47. The highest BCUT2D eigenvalue weighted by Gasteiger charge is 2.02. The van der Waals surface area contributed by atoms with E-state index in [9.17, 15) is 0 Å². The van der Waals surface area contributed by atoms with Crippen LogP contribution in [0.1, 0.15) is 26.7 Å². The van der Waals surface area contributed by atoms with Gasteiger partial charge in [0, 0.05) is 0 Å². The van der Waals surface area contributed by atoms with Crippen molar-refractivity contribution in [3.05, 3.63) is 82.8 Å². The number of rotatable bonds is 2. The summed E-state index contributed by atoms with van der Waals surface area (Å²) in [6.07, 6.45) is 19.4. The molecule has 0 heteroatoms. The van der Waals surface area contributed by atoms with E-state index >= 15 is 0 Å². The molecule has 1 aromatic rings. The van der Waals surface area contributed by atoms with Crippen molar-refractivity contribution >= 4 is 11.6 Å². The first kappa shape index (κ1) is 14.3. The molecule has 0 saturated carbocycles. The van der Waals surface area contributed by atoms with Crippen LogP contribution in [0.4, 0.5) is 0 Å². The van der Waals surface area contributed by atoms with Crippen molar-refractivity contribution in [2.75, 3.05) is 0 Å². The molecule has 0 aliphatic heterocycles. The summed E-state index contributed by atoms with van der Waals surface area (Å²) < 4.78 is 0. The predicted octanol–water partition coefficient (Wildman–Crippen LogP) is 4.05. The summed E-state index contributed by atoms with van der Waals surface area (Å²) in [5.41, 5.74) is 2.70. The standard InChI is InChI=1S/C20H22/c1-3-12-17(4-2)19-15-9-7-5-6-8-13-18-14-10-11-16-20(18)19/h3-7,9-14,16H,8,15H2,1-2H3/b6-5-,9-7-,12-3-,17-4+,18-13-,20-19+. The molecule has 1 aliphatic carbocycles. The average Bonchev–Trinajstić information content (AvgIpc) is 2.49. The summed E-state index contributed by atoms with van der Waals surface area (Å²) in [6, 6.07) is 8.68. The van der Waals surface area contributed by atoms with Crippen LogP contribution in [0.3, 0.4) is 0 Å². The van der Waals surface area contributed by atoms with Gasteiger partial charge in [-0.05, 0) is 48.3 Å². The molecule has 0 amide bonds. The van der Waals surface area contributed by atoms with Crippen LogP contribution in [0.2, 0.25) is 0 Å². The van der Waals surface area contributed by atoms with Crippen LogP contribution in [0.5, 0.6) is 0 Å². The number of benzene rings is 1. The zero-order chi connectivity index (χ0) is 14.2. The molecular weight excluding hydrogens is 240 g/mol. The Morgan fingerprint density at radius 1 is 1.05 bits per heavy atom. The van der Waals surface area contributed by atoms with Crippen molar-refractivity contribution in [1.82, 2.24) is 0 Å². The fourth-order valence-corrected chi connectivity index (χ4v) is 2.50. The van der Waals surface area contributed by atoms with Crippen molar-refractivity contribution in [3.63, 3.8) is 0 Å². The molecule has 0 nitrogen and oxygen atoms in total. The molecule has 0 bridgehead atoms. The molecule has 0 unspecified atom stereocenters. The summed E-state index contributed by atoms with van der Waals surface area (Å²) in [5.74, 6) is 0. The Labute approximate surface area is 121 Å². The van der Waals surface area contributed by atoms with Gasteiger partial charge in [-0.1, -0.05) is 72.9 Å². The SMILES string of the molecule is C\C=C/C(=C\C)C1=c2\cccc\c2=C\C/C=C\C=C/C\1. The van der Waals surface area contributed by atoms with E-state index in [0.29, 0.717) is 0 Å². The highest BCUT2D eigenvalue weighted by atomic mass is 14.1. The Balaban J connectivity index is 2.75. The summed E-state index contributed by atoms with van der Waals surface area (Å²) in [7, 11) is 0. The Bertz CT molecular complexity index is 679. The molecule has 0 saturated heterocycles. The molecule has 102 valence electrons. The molecule has 20 heavy (non-hydrogen) atoms. The van der Waals surface area contributed by atoms with Crippen molar-refractivity contribution < 1.29 is 0 Å². The van der Waals surface area contributed by atoms with Gasteiger partial charge in [0.15, 0.2) is 0 Å². The first-order valence-electron chi connectivity index (χ1n) is 7.26. The van der Waals surface area contributed by atoms with Crippen molar-refractivity contribution in [1.29, 1.82) is 0 Å². The lowest BCUT2D eigenvalue weighted by Crippen LogP contribution is -2.27. The lowest BCUT2D eigenvalue weighted by atomic mass is 9.97. The van der Waals surface area contributed by atoms with Gasteiger partial charge >= 0.3 is 0 Å². The molecular formula is C20H22. The lowest BCUT2D eigenvalue weighted by Gasteiger charge is -2.08. The summed E-state index contributed by atoms with van der Waals surface area (Å²) >= 11 is 0. The van der Waals surface area contributed by atoms with E-state index in [1.165, 1.54) is 21.6 Å². The first-order chi connectivity index (χ1) is 9.86. The van der Waals surface area contributed by atoms with E-state index in [4.69, 9.17) is 0 Å². The van der Waals surface area contributed by atoms with Crippen molar-refractivity contribution in [2.24, 2.45) is 0 Å². The third kappa shape index (κ3) is 3.48. The molecule has 1 aliphatic rings. The molecule has 0 heterocycles. The number of hydrogen-bond acceptors (Lipinski definition) is 0. The van der Waals surface area contributed by atoms with Crippen LogP contribution in [0, 0.1) is 0 Å². The van der Waals surface area contributed by atoms with E-state index in [1.54, 1.807) is 0 Å². The van der Waals surface area contributed by atoms with Gasteiger partial charge in [0.1, 0.15) is 0 Å². The Hall–Kier alpha value is -2.08. The van der Waals surface area contributed by atoms with E-state index < -0.39 is 0 Å². The zero-order valence-electron chi connectivity index (χ0n) is 12.3. The van der Waals surface area contributed by atoms with Crippen LogP contribution < -0.4 is 10.4 Å². The maximum Gasteiger partial charge on any atom is -0.00823 e. The molecule has 1 aromatic carbocycles. The number of allylic oxidation sites excluding steroid dienone is 8. The second kappa shape index (κ2) is 7.49. The van der Waals surface area contributed by atoms with Crippen molar-refractivity contribution in [3.8, 4) is 0 Å². The van der Waals surface area contributed by atoms with Gasteiger partial charge in [-0.2, -0.15) is 0 Å². The van der Waals surface area contributed by atoms with Crippen LogP contribution in [0.25, 0.3) is 11.6 Å². The maximum absolute atomic E-state index is 2.30. The minimum Gasteiger partial charge on any atom is -0.0871 e. The van der Waals surface area contributed by atoms with Crippen molar-refractivity contribution in [2.45, 2.75) is 26.7 Å². The molecule has 0 aromatic heterocycles. The number of hydrogen-bond donors (Lipinski definition) is 0. The average molecular weight is 262 g/mol. The van der Waals surface area contributed by atoms with Gasteiger partial charge in [0.2, 0.25) is 0 Å². The maximum atomic E-state index is 2.30. The zero-order valence-corrected chi connectivity index (χ0v) is 12.3. The minimum absolute atomic E-state index is 0.958. The second-order valence-electron chi connectivity index (χ2n) is 4.81. The smallest absolute Gasteiger partial charge is 0.00823 e. The van der Waals surface area contributed by atoms with Gasteiger partial charge < -0.3 is 0 Å². The van der Waals surface area contributed by atoms with Gasteiger partial charge in [-0.25, -0.2) is 0 Å². The Morgan fingerprint density at radius 3 is 2.65 bits per heavy atom. The highest BCUT2D eigenvalue weighted by molar-refractivity contribution is 5.69. The molecule has 0 spiro atoms. The van der Waals surface area contributed by atoms with Crippen LogP contribution in [0.15, 0.2) is 72.4 Å². The molecule has 0 fully saturated rings. The van der Waals surface area contributed by atoms with Crippen LogP contribution in [-0.2, 0) is 0 Å². The largest absolute Gasteiger partial charge is 0.0871 e. The van der Waals surface area contributed by atoms with Gasteiger partial charge in [0.05, 0.1) is 0 Å². The minimum atomic E-state index is 0.958. The molecule has 0 N–H and O–H groups in total. The van der Waals surface area contributed by atoms with E-state index in [-0.39, 0.29) is 0 Å². The summed E-state index contributed by atoms with van der Waals surface area (Å²) in [5, 5.41) is 2.67. The Morgan fingerprint density at radius 2 is 1.85 bits per heavy atom. The quantitative estimate of drug-likeness (QED) is 0.705. The van der Waals surface area contributed by atoms with E-state index in [2.05, 4.69) is 86.7 Å². The highest BCUT2D eigenvalue weighted by Crippen LogP contribution is 2.16. The van der Waals surface area contributed by atoms with Crippen LogP contribution >= 0.6 is 0 Å². The third-order valence-corrected chi connectivity index (χ3v) is 3.47. The van der Waals surface area contributed by atoms with Crippen LogP contribution in [-0.4, -0.2) is 0 Å². The van der Waals surface area contributed by atoms with Gasteiger partial charge in [0.25, 0.3) is 0 Å². The van der Waals surface area contributed by atoms with Gasteiger partial charge in [-0.3, -0.25) is 0 Å². The molecule has 0 radical (unpaired) electrons. The summed E-state index contributed by atoms with van der Waals surface area (Å²) in [6.45, 7) is 4.18. The van der Waals surface area contributed by atoms with E-state index in [0.717, 1.165) is 12.8 Å². The Kier molecular flexibility index (Phi) is 5.37.